The second kappa shape index (κ2) is 6.34. The van der Waals surface area contributed by atoms with Crippen molar-refractivity contribution < 1.29 is 13.5 Å². The number of aryl methyl sites for hydroxylation is 2. The Bertz CT molecular complexity index is 614. The lowest BCUT2D eigenvalue weighted by molar-refractivity contribution is 0.186. The van der Waals surface area contributed by atoms with Crippen LogP contribution in [0.4, 0.5) is 5.69 Å². The number of hydrogen-bond acceptors (Lipinski definition) is 4. The second-order valence-corrected chi connectivity index (χ2v) is 7.57. The quantitative estimate of drug-likeness (QED) is 0.834. The molecule has 6 heteroatoms. The van der Waals surface area contributed by atoms with Gasteiger partial charge in [-0.1, -0.05) is 25.0 Å². The fraction of sp³-hybridized carbons (Fsp3) is 0.600. The van der Waals surface area contributed by atoms with Crippen LogP contribution in [0.5, 0.6) is 0 Å². The summed E-state index contributed by atoms with van der Waals surface area (Å²) < 4.78 is 27.5. The minimum atomic E-state index is -3.68. The van der Waals surface area contributed by atoms with Gasteiger partial charge in [0.05, 0.1) is 12.3 Å². The van der Waals surface area contributed by atoms with E-state index in [-0.39, 0.29) is 17.5 Å². The summed E-state index contributed by atoms with van der Waals surface area (Å²) in [6.07, 6.45) is 3.45. The molecule has 1 aliphatic heterocycles. The van der Waals surface area contributed by atoms with E-state index in [2.05, 4.69) is 0 Å². The van der Waals surface area contributed by atoms with Gasteiger partial charge in [-0.3, -0.25) is 0 Å². The zero-order chi connectivity index (χ0) is 15.6. The summed E-state index contributed by atoms with van der Waals surface area (Å²) in [5.74, 6) is 0. The molecule has 5 nitrogen and oxygen atoms in total. The highest BCUT2D eigenvalue weighted by Crippen LogP contribution is 2.31. The van der Waals surface area contributed by atoms with Gasteiger partial charge in [0.2, 0.25) is 10.0 Å². The average molecular weight is 312 g/mol. The summed E-state index contributed by atoms with van der Waals surface area (Å²) >= 11 is 0. The highest BCUT2D eigenvalue weighted by atomic mass is 32.2. The molecule has 2 rings (SSSR count). The first-order valence-electron chi connectivity index (χ1n) is 7.38. The van der Waals surface area contributed by atoms with E-state index in [4.69, 9.17) is 5.73 Å². The molecule has 1 aliphatic rings. The normalized spacial score (nSPS) is 21.2. The first-order valence-corrected chi connectivity index (χ1v) is 8.82. The van der Waals surface area contributed by atoms with Crippen LogP contribution >= 0.6 is 0 Å². The molecule has 1 aromatic rings. The lowest BCUT2D eigenvalue weighted by Gasteiger charge is -2.29. The van der Waals surface area contributed by atoms with Crippen LogP contribution in [0.3, 0.4) is 0 Å². The van der Waals surface area contributed by atoms with Crippen LogP contribution in [-0.4, -0.2) is 37.0 Å². The number of aliphatic hydroxyl groups is 1. The molecule has 0 aliphatic carbocycles. The minimum Gasteiger partial charge on any atom is -0.397 e. The van der Waals surface area contributed by atoms with Crippen molar-refractivity contribution in [2.24, 2.45) is 0 Å². The number of sulfonamides is 1. The lowest BCUT2D eigenvalue weighted by atomic mass is 10.1. The number of nitrogen functional groups attached to an aromatic ring is 1. The fourth-order valence-corrected chi connectivity index (χ4v) is 5.00. The van der Waals surface area contributed by atoms with Crippen LogP contribution in [0.15, 0.2) is 17.0 Å². The van der Waals surface area contributed by atoms with Crippen LogP contribution in [-0.2, 0) is 10.0 Å². The van der Waals surface area contributed by atoms with Crippen molar-refractivity contribution in [2.45, 2.75) is 50.5 Å². The molecule has 3 N–H and O–H groups in total. The Kier molecular flexibility index (Phi) is 4.91. The number of rotatable bonds is 3. The third-order valence-electron chi connectivity index (χ3n) is 4.21. The fourth-order valence-electron chi connectivity index (χ4n) is 2.92. The molecule has 0 aromatic heterocycles. The van der Waals surface area contributed by atoms with Gasteiger partial charge in [0.25, 0.3) is 0 Å². The smallest absolute Gasteiger partial charge is 0.245 e. The van der Waals surface area contributed by atoms with Gasteiger partial charge in [0, 0.05) is 12.6 Å². The van der Waals surface area contributed by atoms with Gasteiger partial charge in [-0.05, 0) is 37.8 Å². The van der Waals surface area contributed by atoms with E-state index in [9.17, 15) is 13.5 Å². The van der Waals surface area contributed by atoms with Crippen LogP contribution in [0.25, 0.3) is 0 Å². The largest absolute Gasteiger partial charge is 0.397 e. The molecule has 118 valence electrons. The number of anilines is 1. The Morgan fingerprint density at radius 1 is 1.24 bits per heavy atom. The average Bonchev–Trinajstić information content (AvgIpc) is 2.68. The van der Waals surface area contributed by atoms with E-state index in [1.54, 1.807) is 19.9 Å². The maximum atomic E-state index is 13.0. The molecule has 1 unspecified atom stereocenters. The van der Waals surface area contributed by atoms with Crippen molar-refractivity contribution in [3.63, 3.8) is 0 Å². The Morgan fingerprint density at radius 2 is 1.90 bits per heavy atom. The van der Waals surface area contributed by atoms with Crippen molar-refractivity contribution in [1.82, 2.24) is 4.31 Å². The Morgan fingerprint density at radius 3 is 2.57 bits per heavy atom. The highest BCUT2D eigenvalue weighted by molar-refractivity contribution is 7.89. The van der Waals surface area contributed by atoms with Crippen molar-refractivity contribution >= 4 is 15.7 Å². The zero-order valence-corrected chi connectivity index (χ0v) is 13.5. The van der Waals surface area contributed by atoms with Gasteiger partial charge in [-0.25, -0.2) is 8.42 Å². The number of benzene rings is 1. The van der Waals surface area contributed by atoms with Crippen LogP contribution in [0.2, 0.25) is 0 Å². The van der Waals surface area contributed by atoms with Crippen molar-refractivity contribution in [2.75, 3.05) is 18.9 Å². The van der Waals surface area contributed by atoms with Crippen molar-refractivity contribution in [1.29, 1.82) is 0 Å². The monoisotopic (exact) mass is 312 g/mol. The van der Waals surface area contributed by atoms with Gasteiger partial charge >= 0.3 is 0 Å². The zero-order valence-electron chi connectivity index (χ0n) is 12.7. The SMILES string of the molecule is Cc1ccc(C)c(S(=O)(=O)N2CCCCCC2CO)c1N. The molecule has 21 heavy (non-hydrogen) atoms. The molecule has 1 saturated heterocycles. The summed E-state index contributed by atoms with van der Waals surface area (Å²) in [7, 11) is -3.68. The summed E-state index contributed by atoms with van der Waals surface area (Å²) in [6, 6.07) is 3.26. The standard InChI is InChI=1S/C15H24N2O3S/c1-11-7-8-12(2)15(14(11)16)21(19,20)17-9-5-3-4-6-13(17)10-18/h7-8,13,18H,3-6,9-10,16H2,1-2H3. The first kappa shape index (κ1) is 16.3. The Balaban J connectivity index is 2.52. The van der Waals surface area contributed by atoms with Gasteiger partial charge in [0.1, 0.15) is 4.90 Å². The molecule has 1 atom stereocenters. The van der Waals surface area contributed by atoms with E-state index in [0.717, 1.165) is 24.8 Å². The molecule has 0 saturated carbocycles. The van der Waals surface area contributed by atoms with Gasteiger partial charge in [0.15, 0.2) is 0 Å². The summed E-state index contributed by atoms with van der Waals surface area (Å²) in [4.78, 5) is 0.197. The third-order valence-corrected chi connectivity index (χ3v) is 6.37. The molecule has 0 amide bonds. The predicted molar refractivity (Wildman–Crippen MR) is 83.6 cm³/mol. The highest BCUT2D eigenvalue weighted by Gasteiger charge is 2.34. The molecular weight excluding hydrogens is 288 g/mol. The molecular formula is C15H24N2O3S. The summed E-state index contributed by atoms with van der Waals surface area (Å²) in [5.41, 5.74) is 7.76. The van der Waals surface area contributed by atoms with E-state index >= 15 is 0 Å². The maximum Gasteiger partial charge on any atom is 0.245 e. The van der Waals surface area contributed by atoms with Crippen molar-refractivity contribution in [3.05, 3.63) is 23.3 Å². The van der Waals surface area contributed by atoms with E-state index in [1.807, 2.05) is 6.07 Å². The molecule has 0 radical (unpaired) electrons. The van der Waals surface area contributed by atoms with Gasteiger partial charge in [-0.2, -0.15) is 4.31 Å². The lowest BCUT2D eigenvalue weighted by Crippen LogP contribution is -2.42. The predicted octanol–water partition coefficient (Wildman–Crippen LogP) is 1.81. The number of nitrogens with zero attached hydrogens (tertiary/aromatic N) is 1. The van der Waals surface area contributed by atoms with E-state index in [1.165, 1.54) is 4.31 Å². The number of aliphatic hydroxyl groups excluding tert-OH is 1. The molecule has 1 heterocycles. The van der Waals surface area contributed by atoms with Crippen LogP contribution in [0, 0.1) is 13.8 Å². The molecule has 0 bridgehead atoms. The van der Waals surface area contributed by atoms with Gasteiger partial charge < -0.3 is 10.8 Å². The topological polar surface area (TPSA) is 83.6 Å². The number of hydrogen-bond donors (Lipinski definition) is 2. The maximum absolute atomic E-state index is 13.0. The molecule has 1 fully saturated rings. The van der Waals surface area contributed by atoms with Crippen molar-refractivity contribution in [3.8, 4) is 0 Å². The third kappa shape index (κ3) is 3.07. The number of nitrogens with two attached hydrogens (primary N) is 1. The summed E-state index contributed by atoms with van der Waals surface area (Å²) in [5, 5.41) is 9.55. The van der Waals surface area contributed by atoms with E-state index < -0.39 is 10.0 Å². The Labute approximate surface area is 126 Å². The minimum absolute atomic E-state index is 0.149. The van der Waals surface area contributed by atoms with Crippen LogP contribution in [0.1, 0.15) is 36.8 Å². The molecule has 0 spiro atoms. The van der Waals surface area contributed by atoms with E-state index in [0.29, 0.717) is 24.2 Å². The van der Waals surface area contributed by atoms with Gasteiger partial charge in [-0.15, -0.1) is 0 Å². The first-order chi connectivity index (χ1) is 9.89. The Hall–Kier alpha value is -1.11. The summed E-state index contributed by atoms with van der Waals surface area (Å²) in [6.45, 7) is 3.86. The second-order valence-electron chi connectivity index (χ2n) is 5.74. The molecule has 1 aromatic carbocycles. The van der Waals surface area contributed by atoms with Crippen LogP contribution < -0.4 is 5.73 Å².